The molecular formula is C23H16Br2ClNO6. The monoisotopic (exact) mass is 595 g/mol. The summed E-state index contributed by atoms with van der Waals surface area (Å²) in [6.45, 7) is 1.37. The fourth-order valence-corrected chi connectivity index (χ4v) is 4.12. The number of hydrogen-bond donors (Lipinski definition) is 2. The minimum Gasteiger partial charge on any atom is -0.507 e. The molecule has 10 heteroatoms. The van der Waals surface area contributed by atoms with Crippen molar-refractivity contribution in [3.8, 4) is 17.2 Å². The lowest BCUT2D eigenvalue weighted by Crippen LogP contribution is -2.17. The molecule has 0 fully saturated rings. The summed E-state index contributed by atoms with van der Waals surface area (Å²) in [5.74, 6) is -0.937. The molecule has 170 valence electrons. The van der Waals surface area contributed by atoms with Crippen LogP contribution >= 0.6 is 43.5 Å². The summed E-state index contributed by atoms with van der Waals surface area (Å²) in [6, 6.07) is 14.1. The van der Waals surface area contributed by atoms with Crippen molar-refractivity contribution in [3.05, 3.63) is 85.3 Å². The summed E-state index contributed by atoms with van der Waals surface area (Å²) >= 11 is 12.7. The quantitative estimate of drug-likeness (QED) is 0.177. The number of rotatable bonds is 8. The molecule has 1 atom stereocenters. The molecule has 0 aliphatic carbocycles. The van der Waals surface area contributed by atoms with Crippen molar-refractivity contribution in [3.63, 3.8) is 0 Å². The molecule has 0 bridgehead atoms. The predicted octanol–water partition coefficient (Wildman–Crippen LogP) is 6.42. The number of aliphatic carboxylic acids is 1. The number of aromatic hydroxyl groups is 1. The summed E-state index contributed by atoms with van der Waals surface area (Å²) < 4.78 is 7.06. The number of ether oxygens (including phenoxy) is 1. The highest BCUT2D eigenvalue weighted by atomic mass is 79.9. The van der Waals surface area contributed by atoms with E-state index in [-0.39, 0.29) is 17.1 Å². The molecule has 0 aliphatic rings. The van der Waals surface area contributed by atoms with Crippen LogP contribution in [-0.2, 0) is 9.63 Å². The van der Waals surface area contributed by atoms with E-state index in [2.05, 4.69) is 37.0 Å². The topological polar surface area (TPSA) is 105 Å². The molecule has 0 spiro atoms. The molecule has 0 saturated heterocycles. The SMILES string of the molecule is CC(O/N=C/c1cc(Br)c(Oc2ccc(O)c(C(=O)c3ccc(Cl)cc3)c2)c(Br)c1)C(=O)O. The molecule has 1 unspecified atom stereocenters. The van der Waals surface area contributed by atoms with Crippen molar-refractivity contribution in [2.24, 2.45) is 5.16 Å². The maximum absolute atomic E-state index is 12.8. The van der Waals surface area contributed by atoms with Crippen LogP contribution < -0.4 is 4.74 Å². The number of hydrogen-bond acceptors (Lipinski definition) is 6. The van der Waals surface area contributed by atoms with Gasteiger partial charge in [-0.2, -0.15) is 0 Å². The van der Waals surface area contributed by atoms with E-state index in [1.54, 1.807) is 36.4 Å². The maximum atomic E-state index is 12.8. The Morgan fingerprint density at radius 3 is 2.30 bits per heavy atom. The van der Waals surface area contributed by atoms with Crippen molar-refractivity contribution in [2.75, 3.05) is 0 Å². The first-order valence-corrected chi connectivity index (χ1v) is 11.3. The van der Waals surface area contributed by atoms with Crippen LogP contribution in [0, 0.1) is 0 Å². The molecule has 0 amide bonds. The van der Waals surface area contributed by atoms with Crippen LogP contribution in [0.4, 0.5) is 0 Å². The molecule has 0 saturated carbocycles. The van der Waals surface area contributed by atoms with E-state index in [0.29, 0.717) is 36.6 Å². The lowest BCUT2D eigenvalue weighted by molar-refractivity contribution is -0.149. The second kappa shape index (κ2) is 10.8. The summed E-state index contributed by atoms with van der Waals surface area (Å²) in [7, 11) is 0. The average molecular weight is 598 g/mol. The van der Waals surface area contributed by atoms with Gasteiger partial charge in [-0.1, -0.05) is 16.8 Å². The molecule has 3 rings (SSSR count). The third-order valence-corrected chi connectivity index (χ3v) is 5.76. The van der Waals surface area contributed by atoms with Crippen LogP contribution in [-0.4, -0.2) is 34.3 Å². The zero-order valence-electron chi connectivity index (χ0n) is 17.0. The smallest absolute Gasteiger partial charge is 0.347 e. The van der Waals surface area contributed by atoms with Gasteiger partial charge >= 0.3 is 5.97 Å². The van der Waals surface area contributed by atoms with E-state index in [1.807, 2.05) is 0 Å². The van der Waals surface area contributed by atoms with Gasteiger partial charge < -0.3 is 19.8 Å². The number of phenolic OH excluding ortho intramolecular Hbond substituents is 1. The van der Waals surface area contributed by atoms with Crippen molar-refractivity contribution >= 4 is 61.4 Å². The van der Waals surface area contributed by atoms with Crippen molar-refractivity contribution < 1.29 is 29.4 Å². The van der Waals surface area contributed by atoms with Gasteiger partial charge in [-0.3, -0.25) is 4.79 Å². The van der Waals surface area contributed by atoms with Gasteiger partial charge in [0, 0.05) is 10.6 Å². The first kappa shape index (κ1) is 24.8. The summed E-state index contributed by atoms with van der Waals surface area (Å²) in [5.41, 5.74) is 1.07. The van der Waals surface area contributed by atoms with E-state index < -0.39 is 12.1 Å². The minimum absolute atomic E-state index is 0.0792. The van der Waals surface area contributed by atoms with E-state index in [1.165, 1.54) is 31.3 Å². The van der Waals surface area contributed by atoms with Gasteiger partial charge in [0.2, 0.25) is 6.10 Å². The van der Waals surface area contributed by atoms with Gasteiger partial charge in [0.05, 0.1) is 20.7 Å². The number of benzene rings is 3. The fourth-order valence-electron chi connectivity index (χ4n) is 2.61. The Morgan fingerprint density at radius 2 is 1.70 bits per heavy atom. The van der Waals surface area contributed by atoms with Crippen LogP contribution in [0.25, 0.3) is 0 Å². The molecule has 0 aliphatic heterocycles. The van der Waals surface area contributed by atoms with E-state index in [9.17, 15) is 14.7 Å². The number of carboxylic acid groups (broad SMARTS) is 1. The minimum atomic E-state index is -1.12. The number of ketones is 1. The molecule has 7 nitrogen and oxygen atoms in total. The normalized spacial score (nSPS) is 11.9. The Morgan fingerprint density at radius 1 is 1.06 bits per heavy atom. The Labute approximate surface area is 210 Å². The second-order valence-corrected chi connectivity index (χ2v) is 8.90. The van der Waals surface area contributed by atoms with Crippen molar-refractivity contribution in [2.45, 2.75) is 13.0 Å². The molecule has 3 aromatic carbocycles. The summed E-state index contributed by atoms with van der Waals surface area (Å²) in [6.07, 6.45) is 0.289. The van der Waals surface area contributed by atoms with E-state index in [4.69, 9.17) is 26.3 Å². The molecule has 0 heterocycles. The Kier molecular flexibility index (Phi) is 8.12. The zero-order chi connectivity index (χ0) is 24.1. The third-order valence-electron chi connectivity index (χ3n) is 4.33. The Hall–Kier alpha value is -2.88. The van der Waals surface area contributed by atoms with Gasteiger partial charge in [-0.15, -0.1) is 0 Å². The van der Waals surface area contributed by atoms with Gasteiger partial charge in [0.15, 0.2) is 11.5 Å². The molecular weight excluding hydrogens is 582 g/mol. The highest BCUT2D eigenvalue weighted by Gasteiger charge is 2.17. The van der Waals surface area contributed by atoms with Crippen LogP contribution in [0.1, 0.15) is 28.4 Å². The fraction of sp³-hybridized carbons (Fsp3) is 0.0870. The first-order chi connectivity index (χ1) is 15.7. The summed E-state index contributed by atoms with van der Waals surface area (Å²) in [4.78, 5) is 28.4. The predicted molar refractivity (Wildman–Crippen MR) is 131 cm³/mol. The van der Waals surface area contributed by atoms with E-state index >= 15 is 0 Å². The Balaban J connectivity index is 1.82. The van der Waals surface area contributed by atoms with Crippen molar-refractivity contribution in [1.82, 2.24) is 0 Å². The van der Waals surface area contributed by atoms with Gasteiger partial charge in [0.1, 0.15) is 11.5 Å². The highest BCUT2D eigenvalue weighted by Crippen LogP contribution is 2.38. The standard InChI is InChI=1S/C23H16Br2ClNO6/c1-12(23(30)31)33-27-11-13-8-18(24)22(19(25)9-13)32-16-6-7-20(28)17(10-16)21(29)14-2-4-15(26)5-3-14/h2-12,28H,1H3,(H,30,31)/b27-11+. The Bertz CT molecular complexity index is 1210. The number of halogens is 3. The van der Waals surface area contributed by atoms with Crippen molar-refractivity contribution in [1.29, 1.82) is 0 Å². The summed E-state index contributed by atoms with van der Waals surface area (Å²) in [5, 5.41) is 23.2. The zero-order valence-corrected chi connectivity index (χ0v) is 20.9. The number of nitrogens with zero attached hydrogens (tertiary/aromatic N) is 1. The average Bonchev–Trinajstić information content (AvgIpc) is 2.77. The van der Waals surface area contributed by atoms with Crippen LogP contribution in [0.5, 0.6) is 17.2 Å². The van der Waals surface area contributed by atoms with Gasteiger partial charge in [0.25, 0.3) is 0 Å². The second-order valence-electron chi connectivity index (χ2n) is 6.75. The number of carbonyl (C=O) groups excluding carboxylic acids is 1. The molecule has 2 N–H and O–H groups in total. The molecule has 0 radical (unpaired) electrons. The van der Waals surface area contributed by atoms with Crippen LogP contribution in [0.2, 0.25) is 5.02 Å². The number of oxime groups is 1. The number of phenols is 1. The van der Waals surface area contributed by atoms with E-state index in [0.717, 1.165) is 0 Å². The number of carbonyl (C=O) groups is 2. The largest absolute Gasteiger partial charge is 0.507 e. The molecule has 33 heavy (non-hydrogen) atoms. The lowest BCUT2D eigenvalue weighted by Gasteiger charge is -2.13. The third kappa shape index (κ3) is 6.34. The highest BCUT2D eigenvalue weighted by molar-refractivity contribution is 9.11. The van der Waals surface area contributed by atoms with Crippen LogP contribution in [0.3, 0.4) is 0 Å². The van der Waals surface area contributed by atoms with Crippen LogP contribution in [0.15, 0.2) is 68.7 Å². The molecule has 3 aromatic rings. The van der Waals surface area contributed by atoms with Gasteiger partial charge in [-0.05, 0) is 98.9 Å². The van der Waals surface area contributed by atoms with Gasteiger partial charge in [-0.25, -0.2) is 4.79 Å². The number of carboxylic acids is 1. The first-order valence-electron chi connectivity index (χ1n) is 9.38. The lowest BCUT2D eigenvalue weighted by atomic mass is 10.0. The maximum Gasteiger partial charge on any atom is 0.347 e. The molecule has 0 aromatic heterocycles.